The van der Waals surface area contributed by atoms with Crippen molar-refractivity contribution in [1.29, 1.82) is 0 Å². The Bertz CT molecular complexity index is 1170. The van der Waals surface area contributed by atoms with Crippen molar-refractivity contribution in [2.75, 3.05) is 0 Å². The van der Waals surface area contributed by atoms with Gasteiger partial charge in [-0.3, -0.25) is 10.1 Å². The van der Waals surface area contributed by atoms with Gasteiger partial charge in [0.1, 0.15) is 11.6 Å². The van der Waals surface area contributed by atoms with E-state index in [1.54, 1.807) is 24.3 Å². The molecule has 0 saturated heterocycles. The van der Waals surface area contributed by atoms with Crippen LogP contribution in [0.25, 0.3) is 33.9 Å². The van der Waals surface area contributed by atoms with Gasteiger partial charge in [0.05, 0.1) is 21.9 Å². The molecule has 0 unspecified atom stereocenters. The van der Waals surface area contributed by atoms with E-state index in [9.17, 15) is 14.5 Å². The van der Waals surface area contributed by atoms with Crippen LogP contribution >= 0.6 is 0 Å². The van der Waals surface area contributed by atoms with Gasteiger partial charge in [-0.2, -0.15) is 0 Å². The molecule has 0 bridgehead atoms. The average Bonchev–Trinajstić information content (AvgIpc) is 3.14. The lowest BCUT2D eigenvalue weighted by molar-refractivity contribution is -0.384. The molecule has 0 amide bonds. The second-order valence-electron chi connectivity index (χ2n) is 6.41. The summed E-state index contributed by atoms with van der Waals surface area (Å²) >= 11 is 0. The monoisotopic (exact) mass is 373 g/mol. The summed E-state index contributed by atoms with van der Waals surface area (Å²) in [5, 5.41) is 11.3. The van der Waals surface area contributed by atoms with Crippen LogP contribution in [-0.2, 0) is 0 Å². The topological polar surface area (TPSA) is 71.8 Å². The SMILES string of the molecule is Cc1ccc([N+](=O)[O-])cc1-c1[nH]c(-c2ccccc2F)nc1-c1ccccc1. The number of H-pyrrole nitrogens is 1. The minimum atomic E-state index is -0.431. The van der Waals surface area contributed by atoms with Crippen LogP contribution in [0.2, 0.25) is 0 Å². The second-order valence-corrected chi connectivity index (χ2v) is 6.41. The Labute approximate surface area is 160 Å². The largest absolute Gasteiger partial charge is 0.337 e. The van der Waals surface area contributed by atoms with Crippen molar-refractivity contribution in [3.63, 3.8) is 0 Å². The molecule has 0 atom stereocenters. The summed E-state index contributed by atoms with van der Waals surface area (Å²) in [6, 6.07) is 20.5. The molecule has 138 valence electrons. The molecule has 0 spiro atoms. The number of halogens is 1. The lowest BCUT2D eigenvalue weighted by atomic mass is 10.0. The third kappa shape index (κ3) is 3.16. The smallest absolute Gasteiger partial charge is 0.270 e. The van der Waals surface area contributed by atoms with E-state index in [4.69, 9.17) is 0 Å². The first-order chi connectivity index (χ1) is 13.5. The van der Waals surface area contributed by atoms with Gasteiger partial charge in [-0.1, -0.05) is 48.5 Å². The normalized spacial score (nSPS) is 10.8. The number of nitro benzene ring substituents is 1. The number of non-ortho nitro benzene ring substituents is 1. The van der Waals surface area contributed by atoms with Crippen molar-refractivity contribution in [2.45, 2.75) is 6.92 Å². The standard InChI is InChI=1S/C22H16FN3O2/c1-14-11-12-16(26(27)28)13-18(14)21-20(15-7-3-2-4-8-15)24-22(25-21)17-9-5-6-10-19(17)23/h2-13H,1H3,(H,24,25). The first-order valence-corrected chi connectivity index (χ1v) is 8.70. The number of hydrogen-bond donors (Lipinski definition) is 1. The zero-order chi connectivity index (χ0) is 19.7. The van der Waals surface area contributed by atoms with E-state index in [1.807, 2.05) is 37.3 Å². The van der Waals surface area contributed by atoms with E-state index in [2.05, 4.69) is 9.97 Å². The van der Waals surface area contributed by atoms with Crippen LogP contribution in [0.4, 0.5) is 10.1 Å². The molecule has 0 aliphatic rings. The molecule has 6 heteroatoms. The summed E-state index contributed by atoms with van der Waals surface area (Å²) in [5.41, 5.74) is 3.90. The summed E-state index contributed by atoms with van der Waals surface area (Å²) < 4.78 is 14.3. The zero-order valence-electron chi connectivity index (χ0n) is 15.0. The Morgan fingerprint density at radius 2 is 1.68 bits per heavy atom. The van der Waals surface area contributed by atoms with Gasteiger partial charge in [0.25, 0.3) is 5.69 Å². The molecule has 1 N–H and O–H groups in total. The number of imidazole rings is 1. The van der Waals surface area contributed by atoms with Crippen molar-refractivity contribution in [1.82, 2.24) is 9.97 Å². The Hall–Kier alpha value is -3.80. The highest BCUT2D eigenvalue weighted by Crippen LogP contribution is 2.36. The number of nitrogens with zero attached hydrogens (tertiary/aromatic N) is 2. The van der Waals surface area contributed by atoms with E-state index in [0.717, 1.165) is 11.1 Å². The molecule has 1 aromatic heterocycles. The summed E-state index contributed by atoms with van der Waals surface area (Å²) in [4.78, 5) is 18.6. The highest BCUT2D eigenvalue weighted by atomic mass is 19.1. The molecule has 3 aromatic carbocycles. The first kappa shape index (κ1) is 17.6. The van der Waals surface area contributed by atoms with E-state index in [-0.39, 0.29) is 5.69 Å². The molecule has 0 aliphatic carbocycles. The number of hydrogen-bond acceptors (Lipinski definition) is 3. The zero-order valence-corrected chi connectivity index (χ0v) is 15.0. The van der Waals surface area contributed by atoms with Crippen LogP contribution in [0.1, 0.15) is 5.56 Å². The van der Waals surface area contributed by atoms with Crippen LogP contribution < -0.4 is 0 Å². The fourth-order valence-corrected chi connectivity index (χ4v) is 3.15. The molecule has 0 radical (unpaired) electrons. The molecule has 4 aromatic rings. The van der Waals surface area contributed by atoms with Crippen molar-refractivity contribution in [2.24, 2.45) is 0 Å². The van der Waals surface area contributed by atoms with Crippen LogP contribution in [0.3, 0.4) is 0 Å². The summed E-state index contributed by atoms with van der Waals surface area (Å²) in [7, 11) is 0. The predicted octanol–water partition coefficient (Wildman–Crippen LogP) is 5.77. The molecule has 28 heavy (non-hydrogen) atoms. The summed E-state index contributed by atoms with van der Waals surface area (Å²) in [5.74, 6) is -0.0176. The number of aromatic nitrogens is 2. The van der Waals surface area contributed by atoms with Crippen molar-refractivity contribution >= 4 is 5.69 Å². The van der Waals surface area contributed by atoms with Gasteiger partial charge in [0, 0.05) is 23.3 Å². The predicted molar refractivity (Wildman–Crippen MR) is 106 cm³/mol. The third-order valence-corrected chi connectivity index (χ3v) is 4.58. The maximum atomic E-state index is 14.3. The van der Waals surface area contributed by atoms with Crippen molar-refractivity contribution in [3.8, 4) is 33.9 Å². The molecular weight excluding hydrogens is 357 g/mol. The molecule has 0 fully saturated rings. The highest BCUT2D eigenvalue weighted by Gasteiger charge is 2.20. The number of nitrogens with one attached hydrogen (secondary N) is 1. The van der Waals surface area contributed by atoms with Gasteiger partial charge in [-0.15, -0.1) is 0 Å². The van der Waals surface area contributed by atoms with Gasteiger partial charge in [-0.25, -0.2) is 9.37 Å². The Kier molecular flexibility index (Phi) is 4.45. The van der Waals surface area contributed by atoms with E-state index >= 15 is 0 Å². The van der Waals surface area contributed by atoms with Gasteiger partial charge < -0.3 is 4.98 Å². The molecule has 4 rings (SSSR count). The van der Waals surface area contributed by atoms with E-state index in [1.165, 1.54) is 18.2 Å². The molecule has 0 saturated carbocycles. The number of aromatic amines is 1. The number of rotatable bonds is 4. The minimum absolute atomic E-state index is 0.0124. The number of nitro groups is 1. The summed E-state index contributed by atoms with van der Waals surface area (Å²) in [6.45, 7) is 1.87. The molecular formula is C22H16FN3O2. The minimum Gasteiger partial charge on any atom is -0.337 e. The first-order valence-electron chi connectivity index (χ1n) is 8.70. The second kappa shape index (κ2) is 7.08. The Morgan fingerprint density at radius 3 is 2.39 bits per heavy atom. The molecule has 1 heterocycles. The maximum Gasteiger partial charge on any atom is 0.270 e. The highest BCUT2D eigenvalue weighted by molar-refractivity contribution is 5.83. The van der Waals surface area contributed by atoms with Crippen molar-refractivity contribution in [3.05, 3.63) is 94.3 Å². The number of benzene rings is 3. The van der Waals surface area contributed by atoms with Crippen LogP contribution in [-0.4, -0.2) is 14.9 Å². The molecule has 5 nitrogen and oxygen atoms in total. The number of aryl methyl sites for hydroxylation is 1. The van der Waals surface area contributed by atoms with Gasteiger partial charge in [0.2, 0.25) is 0 Å². The maximum absolute atomic E-state index is 14.3. The lowest BCUT2D eigenvalue weighted by Gasteiger charge is -2.07. The third-order valence-electron chi connectivity index (χ3n) is 4.58. The van der Waals surface area contributed by atoms with E-state index in [0.29, 0.717) is 28.3 Å². The van der Waals surface area contributed by atoms with Gasteiger partial charge >= 0.3 is 0 Å². The van der Waals surface area contributed by atoms with Crippen molar-refractivity contribution < 1.29 is 9.31 Å². The van der Waals surface area contributed by atoms with Gasteiger partial charge in [0.15, 0.2) is 0 Å². The van der Waals surface area contributed by atoms with E-state index < -0.39 is 10.7 Å². The quantitative estimate of drug-likeness (QED) is 0.365. The Balaban J connectivity index is 1.98. The van der Waals surface area contributed by atoms with Gasteiger partial charge in [-0.05, 0) is 24.6 Å². The fraction of sp³-hybridized carbons (Fsp3) is 0.0455. The lowest BCUT2D eigenvalue weighted by Crippen LogP contribution is -1.92. The average molecular weight is 373 g/mol. The summed E-state index contributed by atoms with van der Waals surface area (Å²) in [6.07, 6.45) is 0. The Morgan fingerprint density at radius 1 is 0.964 bits per heavy atom. The van der Waals surface area contributed by atoms with Crippen LogP contribution in [0.5, 0.6) is 0 Å². The molecule has 0 aliphatic heterocycles. The van der Waals surface area contributed by atoms with Crippen LogP contribution in [0, 0.1) is 22.9 Å². The van der Waals surface area contributed by atoms with Crippen LogP contribution in [0.15, 0.2) is 72.8 Å². The fourth-order valence-electron chi connectivity index (χ4n) is 3.15.